The number of carbonyl (C=O) groups is 3. The lowest BCUT2D eigenvalue weighted by Crippen LogP contribution is -2.54. The summed E-state index contributed by atoms with van der Waals surface area (Å²) in [6, 6.07) is 7.02. The van der Waals surface area contributed by atoms with Crippen LogP contribution in [0.15, 0.2) is 24.3 Å². The van der Waals surface area contributed by atoms with Crippen molar-refractivity contribution in [2.24, 2.45) is 0 Å². The van der Waals surface area contributed by atoms with Gasteiger partial charge in [-0.15, -0.1) is 0 Å². The topological polar surface area (TPSA) is 69.7 Å². The number of amides is 3. The lowest BCUT2D eigenvalue weighted by Gasteiger charge is -2.39. The van der Waals surface area contributed by atoms with Gasteiger partial charge in [-0.3, -0.25) is 14.4 Å². The predicted octanol–water partition coefficient (Wildman–Crippen LogP) is 2.39. The normalized spacial score (nSPS) is 20.7. The van der Waals surface area contributed by atoms with Gasteiger partial charge in [-0.05, 0) is 50.8 Å². The van der Waals surface area contributed by atoms with E-state index in [0.717, 1.165) is 5.56 Å². The Kier molecular flexibility index (Phi) is 6.60. The largest absolute Gasteiger partial charge is 0.352 e. The Labute approximate surface area is 171 Å². The first-order chi connectivity index (χ1) is 13.3. The summed E-state index contributed by atoms with van der Waals surface area (Å²) in [6.45, 7) is 5.06. The Balaban J connectivity index is 1.56. The monoisotopic (exact) mass is 405 g/mol. The standard InChI is InChI=1S/C21H28ClN3O3/c1-14(2)23-21(28)18-7-8-19(26)25(18)17-9-11-24(12-10-17)20(27)13-15-3-5-16(22)6-4-15/h3-6,14,17-18H,7-13H2,1-2H3,(H,23,28). The molecule has 152 valence electrons. The fourth-order valence-corrected chi connectivity index (χ4v) is 4.21. The molecule has 2 fully saturated rings. The Bertz CT molecular complexity index is 727. The number of nitrogens with one attached hydrogen (secondary N) is 1. The van der Waals surface area contributed by atoms with Gasteiger partial charge in [0.25, 0.3) is 0 Å². The van der Waals surface area contributed by atoms with Crippen molar-refractivity contribution in [2.45, 2.75) is 64.1 Å². The van der Waals surface area contributed by atoms with Gasteiger partial charge < -0.3 is 15.1 Å². The van der Waals surface area contributed by atoms with Crippen LogP contribution in [0, 0.1) is 0 Å². The zero-order valence-electron chi connectivity index (χ0n) is 16.5. The van der Waals surface area contributed by atoms with Gasteiger partial charge in [0.15, 0.2) is 0 Å². The number of rotatable bonds is 5. The third-order valence-corrected chi connectivity index (χ3v) is 5.72. The van der Waals surface area contributed by atoms with Crippen LogP contribution in [0.4, 0.5) is 0 Å². The molecule has 2 saturated heterocycles. The van der Waals surface area contributed by atoms with Gasteiger partial charge in [-0.25, -0.2) is 0 Å². The van der Waals surface area contributed by atoms with E-state index in [1.54, 1.807) is 17.0 Å². The van der Waals surface area contributed by atoms with Crippen molar-refractivity contribution in [3.63, 3.8) is 0 Å². The van der Waals surface area contributed by atoms with Crippen LogP contribution in [0.3, 0.4) is 0 Å². The maximum Gasteiger partial charge on any atom is 0.243 e. The second-order valence-electron chi connectivity index (χ2n) is 7.93. The molecule has 0 radical (unpaired) electrons. The highest BCUT2D eigenvalue weighted by molar-refractivity contribution is 6.30. The zero-order valence-corrected chi connectivity index (χ0v) is 17.2. The molecule has 2 aliphatic heterocycles. The summed E-state index contributed by atoms with van der Waals surface area (Å²) in [7, 11) is 0. The smallest absolute Gasteiger partial charge is 0.243 e. The first-order valence-corrected chi connectivity index (χ1v) is 10.4. The van der Waals surface area contributed by atoms with E-state index in [1.807, 2.05) is 30.9 Å². The van der Waals surface area contributed by atoms with Crippen LogP contribution in [0.25, 0.3) is 0 Å². The van der Waals surface area contributed by atoms with E-state index >= 15 is 0 Å². The third-order valence-electron chi connectivity index (χ3n) is 5.47. The van der Waals surface area contributed by atoms with E-state index in [-0.39, 0.29) is 35.8 Å². The molecule has 0 aliphatic carbocycles. The molecule has 6 nitrogen and oxygen atoms in total. The van der Waals surface area contributed by atoms with Gasteiger partial charge in [-0.2, -0.15) is 0 Å². The predicted molar refractivity (Wildman–Crippen MR) is 108 cm³/mol. The molecule has 3 rings (SSSR count). The zero-order chi connectivity index (χ0) is 20.3. The minimum Gasteiger partial charge on any atom is -0.352 e. The molecule has 1 atom stereocenters. The van der Waals surface area contributed by atoms with Crippen molar-refractivity contribution in [2.75, 3.05) is 13.1 Å². The summed E-state index contributed by atoms with van der Waals surface area (Å²) >= 11 is 5.89. The van der Waals surface area contributed by atoms with Crippen LogP contribution < -0.4 is 5.32 Å². The molecule has 3 amide bonds. The number of hydrogen-bond acceptors (Lipinski definition) is 3. The van der Waals surface area contributed by atoms with Crippen LogP contribution in [-0.2, 0) is 20.8 Å². The summed E-state index contributed by atoms with van der Waals surface area (Å²) in [6.07, 6.45) is 2.77. The second kappa shape index (κ2) is 8.95. The van der Waals surface area contributed by atoms with E-state index in [9.17, 15) is 14.4 Å². The van der Waals surface area contributed by atoms with Crippen molar-refractivity contribution in [3.05, 3.63) is 34.9 Å². The third kappa shape index (κ3) is 4.85. The highest BCUT2D eigenvalue weighted by atomic mass is 35.5. The summed E-state index contributed by atoms with van der Waals surface area (Å²) in [5, 5.41) is 3.58. The fraction of sp³-hybridized carbons (Fsp3) is 0.571. The highest BCUT2D eigenvalue weighted by Gasteiger charge is 2.41. The minimum absolute atomic E-state index is 0.0255. The molecular weight excluding hydrogens is 378 g/mol. The molecule has 0 bridgehead atoms. The van der Waals surface area contributed by atoms with Gasteiger partial charge in [-0.1, -0.05) is 23.7 Å². The van der Waals surface area contributed by atoms with Crippen molar-refractivity contribution in [3.8, 4) is 0 Å². The van der Waals surface area contributed by atoms with Crippen LogP contribution >= 0.6 is 11.6 Å². The Morgan fingerprint density at radius 3 is 2.39 bits per heavy atom. The number of piperidine rings is 1. The maximum absolute atomic E-state index is 12.6. The van der Waals surface area contributed by atoms with Crippen LogP contribution in [0.2, 0.25) is 5.02 Å². The van der Waals surface area contributed by atoms with Crippen LogP contribution in [0.1, 0.15) is 45.1 Å². The molecule has 2 aliphatic rings. The van der Waals surface area contributed by atoms with Crippen molar-refractivity contribution < 1.29 is 14.4 Å². The second-order valence-corrected chi connectivity index (χ2v) is 8.37. The number of likely N-dealkylation sites (tertiary alicyclic amines) is 2. The van der Waals surface area contributed by atoms with E-state index in [1.165, 1.54) is 0 Å². The van der Waals surface area contributed by atoms with E-state index in [4.69, 9.17) is 11.6 Å². The molecule has 1 N–H and O–H groups in total. The number of halogens is 1. The molecular formula is C21H28ClN3O3. The van der Waals surface area contributed by atoms with Gasteiger partial charge in [0.2, 0.25) is 17.7 Å². The van der Waals surface area contributed by atoms with Gasteiger partial charge in [0, 0.05) is 36.6 Å². The molecule has 1 unspecified atom stereocenters. The average Bonchev–Trinajstić information content (AvgIpc) is 3.05. The lowest BCUT2D eigenvalue weighted by atomic mass is 10.0. The SMILES string of the molecule is CC(C)NC(=O)C1CCC(=O)N1C1CCN(C(=O)Cc2ccc(Cl)cc2)CC1. The van der Waals surface area contributed by atoms with Crippen LogP contribution in [-0.4, -0.2) is 58.7 Å². The van der Waals surface area contributed by atoms with Crippen molar-refractivity contribution in [1.29, 1.82) is 0 Å². The first-order valence-electron chi connectivity index (χ1n) is 9.99. The van der Waals surface area contributed by atoms with Gasteiger partial charge in [0.1, 0.15) is 6.04 Å². The lowest BCUT2D eigenvalue weighted by molar-refractivity contribution is -0.140. The van der Waals surface area contributed by atoms with E-state index in [0.29, 0.717) is 50.2 Å². The summed E-state index contributed by atoms with van der Waals surface area (Å²) < 4.78 is 0. The molecule has 0 aromatic heterocycles. The van der Waals surface area contributed by atoms with E-state index < -0.39 is 0 Å². The Morgan fingerprint density at radius 1 is 1.14 bits per heavy atom. The highest BCUT2D eigenvalue weighted by Crippen LogP contribution is 2.27. The number of nitrogens with zero attached hydrogens (tertiary/aromatic N) is 2. The van der Waals surface area contributed by atoms with Crippen molar-refractivity contribution in [1.82, 2.24) is 15.1 Å². The first kappa shape index (κ1) is 20.6. The molecule has 1 aromatic rings. The molecule has 1 aromatic carbocycles. The molecule has 28 heavy (non-hydrogen) atoms. The van der Waals surface area contributed by atoms with Crippen LogP contribution in [0.5, 0.6) is 0 Å². The van der Waals surface area contributed by atoms with Crippen molar-refractivity contribution >= 4 is 29.3 Å². The maximum atomic E-state index is 12.6. The molecule has 0 spiro atoms. The molecule has 7 heteroatoms. The number of benzene rings is 1. The average molecular weight is 406 g/mol. The number of hydrogen-bond donors (Lipinski definition) is 1. The summed E-state index contributed by atoms with van der Waals surface area (Å²) in [5.74, 6) is 0.0690. The molecule has 0 saturated carbocycles. The Hall–Kier alpha value is -2.08. The molecule has 2 heterocycles. The van der Waals surface area contributed by atoms with Gasteiger partial charge >= 0.3 is 0 Å². The quantitative estimate of drug-likeness (QED) is 0.817. The summed E-state index contributed by atoms with van der Waals surface area (Å²) in [5.41, 5.74) is 0.941. The number of carbonyl (C=O) groups excluding carboxylic acids is 3. The van der Waals surface area contributed by atoms with E-state index in [2.05, 4.69) is 5.32 Å². The summed E-state index contributed by atoms with van der Waals surface area (Å²) in [4.78, 5) is 41.1. The van der Waals surface area contributed by atoms with Gasteiger partial charge in [0.05, 0.1) is 6.42 Å². The Morgan fingerprint density at radius 2 is 1.79 bits per heavy atom. The minimum atomic E-state index is -0.379. The fourth-order valence-electron chi connectivity index (χ4n) is 4.08.